The monoisotopic (exact) mass is 274 g/mol. The maximum atomic E-state index is 11.8. The Bertz CT molecular complexity index is 384. The summed E-state index contributed by atoms with van der Waals surface area (Å²) in [5.74, 6) is 0.192. The van der Waals surface area contributed by atoms with Gasteiger partial charge in [-0.2, -0.15) is 5.10 Å². The van der Waals surface area contributed by atoms with Gasteiger partial charge in [-0.05, 0) is 33.2 Å². The summed E-state index contributed by atoms with van der Waals surface area (Å²) in [7, 11) is 0. The number of nitrogens with one attached hydrogen (secondary N) is 1. The molecule has 6 heteroatoms. The SMILES string of the molecule is CC(CN)CNC(=O)c1cnn(C(C)(C)C)c1.Cl. The first-order valence-corrected chi connectivity index (χ1v) is 5.88. The molecule has 0 fully saturated rings. The summed E-state index contributed by atoms with van der Waals surface area (Å²) in [5, 5.41) is 7.03. The van der Waals surface area contributed by atoms with Crippen molar-refractivity contribution in [1.82, 2.24) is 15.1 Å². The number of hydrogen-bond acceptors (Lipinski definition) is 3. The Balaban J connectivity index is 0.00000289. The predicted molar refractivity (Wildman–Crippen MR) is 75.0 cm³/mol. The molecule has 1 rings (SSSR count). The number of nitrogens with zero attached hydrogens (tertiary/aromatic N) is 2. The van der Waals surface area contributed by atoms with Crippen LogP contribution in [0.1, 0.15) is 38.1 Å². The van der Waals surface area contributed by atoms with Crippen LogP contribution >= 0.6 is 12.4 Å². The van der Waals surface area contributed by atoms with Crippen molar-refractivity contribution in [1.29, 1.82) is 0 Å². The van der Waals surface area contributed by atoms with Crippen molar-refractivity contribution in [2.24, 2.45) is 11.7 Å². The smallest absolute Gasteiger partial charge is 0.254 e. The molecule has 1 aromatic heterocycles. The zero-order valence-electron chi connectivity index (χ0n) is 11.4. The lowest BCUT2D eigenvalue weighted by Crippen LogP contribution is -2.31. The van der Waals surface area contributed by atoms with E-state index in [1.165, 1.54) is 0 Å². The molecule has 1 unspecified atom stereocenters. The van der Waals surface area contributed by atoms with E-state index in [4.69, 9.17) is 5.73 Å². The number of amides is 1. The fourth-order valence-corrected chi connectivity index (χ4v) is 1.26. The standard InChI is InChI=1S/C12H22N4O.ClH/c1-9(5-13)6-14-11(17)10-7-15-16(8-10)12(2,3)4;/h7-9H,5-6,13H2,1-4H3,(H,14,17);1H. The number of aromatic nitrogens is 2. The zero-order valence-corrected chi connectivity index (χ0v) is 12.3. The molecule has 3 N–H and O–H groups in total. The van der Waals surface area contributed by atoms with Gasteiger partial charge in [-0.25, -0.2) is 0 Å². The van der Waals surface area contributed by atoms with Crippen molar-refractivity contribution in [2.45, 2.75) is 33.2 Å². The Hall–Kier alpha value is -1.07. The molecule has 0 saturated carbocycles. The van der Waals surface area contributed by atoms with Gasteiger partial charge in [0.05, 0.1) is 17.3 Å². The van der Waals surface area contributed by atoms with Gasteiger partial charge >= 0.3 is 0 Å². The number of hydrogen-bond donors (Lipinski definition) is 2. The fourth-order valence-electron chi connectivity index (χ4n) is 1.26. The lowest BCUT2D eigenvalue weighted by atomic mass is 10.1. The number of nitrogens with two attached hydrogens (primary N) is 1. The van der Waals surface area contributed by atoms with E-state index in [-0.39, 0.29) is 29.8 Å². The Labute approximate surface area is 115 Å². The highest BCUT2D eigenvalue weighted by molar-refractivity contribution is 5.93. The molecule has 0 saturated heterocycles. The number of halogens is 1. The third-order valence-corrected chi connectivity index (χ3v) is 2.55. The molecule has 0 aliphatic heterocycles. The van der Waals surface area contributed by atoms with Gasteiger partial charge in [0.1, 0.15) is 0 Å². The Kier molecular flexibility index (Phi) is 6.35. The predicted octanol–water partition coefficient (Wildman–Crippen LogP) is 1.38. The molecule has 5 nitrogen and oxygen atoms in total. The van der Waals surface area contributed by atoms with Crippen molar-refractivity contribution >= 4 is 18.3 Å². The number of carbonyl (C=O) groups excluding carboxylic acids is 1. The molecule has 0 aromatic carbocycles. The average Bonchev–Trinajstić information content (AvgIpc) is 2.74. The lowest BCUT2D eigenvalue weighted by Gasteiger charge is -2.18. The average molecular weight is 275 g/mol. The zero-order chi connectivity index (χ0) is 13.1. The Morgan fingerprint density at radius 2 is 2.17 bits per heavy atom. The molecule has 0 radical (unpaired) electrons. The molecule has 104 valence electrons. The van der Waals surface area contributed by atoms with Crippen LogP contribution in [-0.2, 0) is 5.54 Å². The van der Waals surface area contributed by atoms with Crippen LogP contribution in [0, 0.1) is 5.92 Å². The van der Waals surface area contributed by atoms with Gasteiger partial charge in [0.15, 0.2) is 0 Å². The molecule has 18 heavy (non-hydrogen) atoms. The van der Waals surface area contributed by atoms with Gasteiger partial charge in [0.25, 0.3) is 5.91 Å². The van der Waals surface area contributed by atoms with Gasteiger partial charge in [-0.3, -0.25) is 9.48 Å². The molecule has 1 heterocycles. The minimum Gasteiger partial charge on any atom is -0.352 e. The normalized spacial score (nSPS) is 12.7. The second-order valence-electron chi connectivity index (χ2n) is 5.40. The van der Waals surface area contributed by atoms with Crippen LogP contribution in [0.25, 0.3) is 0 Å². The minimum absolute atomic E-state index is 0. The third kappa shape index (κ3) is 4.66. The van der Waals surface area contributed by atoms with Crippen molar-refractivity contribution in [3.63, 3.8) is 0 Å². The lowest BCUT2D eigenvalue weighted by molar-refractivity contribution is 0.0948. The van der Waals surface area contributed by atoms with E-state index in [0.717, 1.165) is 0 Å². The maximum absolute atomic E-state index is 11.8. The first-order valence-electron chi connectivity index (χ1n) is 5.88. The van der Waals surface area contributed by atoms with Crippen LogP contribution in [0.15, 0.2) is 12.4 Å². The van der Waals surface area contributed by atoms with Crippen molar-refractivity contribution in [2.75, 3.05) is 13.1 Å². The summed E-state index contributed by atoms with van der Waals surface area (Å²) in [6, 6.07) is 0. The summed E-state index contributed by atoms with van der Waals surface area (Å²) < 4.78 is 1.79. The maximum Gasteiger partial charge on any atom is 0.254 e. The highest BCUT2D eigenvalue weighted by Crippen LogP contribution is 2.13. The summed E-state index contributed by atoms with van der Waals surface area (Å²) in [4.78, 5) is 11.8. The summed E-state index contributed by atoms with van der Waals surface area (Å²) in [5.41, 5.74) is 5.97. The van der Waals surface area contributed by atoms with Crippen LogP contribution in [0.2, 0.25) is 0 Å². The third-order valence-electron chi connectivity index (χ3n) is 2.55. The van der Waals surface area contributed by atoms with Crippen LogP contribution in [0.4, 0.5) is 0 Å². The van der Waals surface area contributed by atoms with Crippen LogP contribution in [0.3, 0.4) is 0 Å². The van der Waals surface area contributed by atoms with E-state index in [9.17, 15) is 4.79 Å². The summed E-state index contributed by atoms with van der Waals surface area (Å²) in [6.07, 6.45) is 3.36. The largest absolute Gasteiger partial charge is 0.352 e. The molecule has 0 aliphatic rings. The van der Waals surface area contributed by atoms with E-state index in [1.54, 1.807) is 17.1 Å². The molecule has 1 aromatic rings. The fraction of sp³-hybridized carbons (Fsp3) is 0.667. The molecule has 0 aliphatic carbocycles. The first kappa shape index (κ1) is 16.9. The van der Waals surface area contributed by atoms with E-state index >= 15 is 0 Å². The van der Waals surface area contributed by atoms with E-state index in [1.807, 2.05) is 27.7 Å². The number of rotatable bonds is 4. The van der Waals surface area contributed by atoms with Crippen molar-refractivity contribution < 1.29 is 4.79 Å². The molecule has 1 amide bonds. The highest BCUT2D eigenvalue weighted by Gasteiger charge is 2.16. The van der Waals surface area contributed by atoms with Gasteiger partial charge in [-0.1, -0.05) is 6.92 Å². The van der Waals surface area contributed by atoms with E-state index < -0.39 is 0 Å². The van der Waals surface area contributed by atoms with E-state index in [0.29, 0.717) is 18.7 Å². The van der Waals surface area contributed by atoms with Crippen molar-refractivity contribution in [3.8, 4) is 0 Å². The summed E-state index contributed by atoms with van der Waals surface area (Å²) >= 11 is 0. The van der Waals surface area contributed by atoms with Gasteiger partial charge in [-0.15, -0.1) is 12.4 Å². The molecule has 1 atom stereocenters. The Morgan fingerprint density at radius 3 is 2.61 bits per heavy atom. The first-order chi connectivity index (χ1) is 7.84. The van der Waals surface area contributed by atoms with Gasteiger partial charge < -0.3 is 11.1 Å². The van der Waals surface area contributed by atoms with Gasteiger partial charge in [0, 0.05) is 12.7 Å². The second kappa shape index (κ2) is 6.75. The quantitative estimate of drug-likeness (QED) is 0.871. The summed E-state index contributed by atoms with van der Waals surface area (Å²) in [6.45, 7) is 9.28. The van der Waals surface area contributed by atoms with E-state index in [2.05, 4.69) is 10.4 Å². The van der Waals surface area contributed by atoms with Gasteiger partial charge in [0.2, 0.25) is 0 Å². The molecular weight excluding hydrogens is 252 g/mol. The molecule has 0 spiro atoms. The van der Waals surface area contributed by atoms with Crippen LogP contribution in [0.5, 0.6) is 0 Å². The van der Waals surface area contributed by atoms with Crippen molar-refractivity contribution in [3.05, 3.63) is 18.0 Å². The molecule has 0 bridgehead atoms. The molecular formula is C12H23ClN4O. The Morgan fingerprint density at radius 1 is 1.56 bits per heavy atom. The number of carbonyl (C=O) groups is 1. The van der Waals surface area contributed by atoms with Crippen LogP contribution in [-0.4, -0.2) is 28.8 Å². The van der Waals surface area contributed by atoms with Crippen LogP contribution < -0.4 is 11.1 Å². The second-order valence-corrected chi connectivity index (χ2v) is 5.40. The minimum atomic E-state index is -0.108. The topological polar surface area (TPSA) is 72.9 Å². The highest BCUT2D eigenvalue weighted by atomic mass is 35.5.